The van der Waals surface area contributed by atoms with Crippen LogP contribution in [0.1, 0.15) is 47.2 Å². The molecule has 0 aliphatic carbocycles. The van der Waals surface area contributed by atoms with Crippen LogP contribution in [0.25, 0.3) is 0 Å². The van der Waals surface area contributed by atoms with Crippen LogP contribution in [-0.4, -0.2) is 22.4 Å². The first-order valence-corrected chi connectivity index (χ1v) is 8.15. The van der Waals surface area contributed by atoms with Crippen molar-refractivity contribution in [3.05, 3.63) is 52.6 Å². The minimum atomic E-state index is -0.215. The van der Waals surface area contributed by atoms with Crippen molar-refractivity contribution in [1.29, 1.82) is 0 Å². The second-order valence-corrected chi connectivity index (χ2v) is 6.13. The molecule has 1 aliphatic rings. The molecule has 1 amide bonds. The first-order valence-electron chi connectivity index (χ1n) is 7.77. The number of aromatic nitrogens is 2. The third-order valence-electron chi connectivity index (χ3n) is 3.97. The SMILES string of the molecule is Cc1nc([C@H]2CCCCN2)ncc1C(=O)Nc1ccc(Cl)cc1. The molecule has 0 unspecified atom stereocenters. The van der Waals surface area contributed by atoms with Crippen molar-refractivity contribution in [2.45, 2.75) is 32.2 Å². The Kier molecular flexibility index (Phi) is 4.88. The molecule has 0 radical (unpaired) electrons. The third-order valence-corrected chi connectivity index (χ3v) is 4.22. The van der Waals surface area contributed by atoms with E-state index in [0.29, 0.717) is 22.0 Å². The first kappa shape index (κ1) is 15.9. The summed E-state index contributed by atoms with van der Waals surface area (Å²) in [6, 6.07) is 7.18. The molecule has 1 saturated heterocycles. The lowest BCUT2D eigenvalue weighted by Crippen LogP contribution is -2.29. The van der Waals surface area contributed by atoms with Crippen molar-refractivity contribution in [1.82, 2.24) is 15.3 Å². The van der Waals surface area contributed by atoms with Gasteiger partial charge in [0.1, 0.15) is 5.82 Å². The van der Waals surface area contributed by atoms with E-state index in [1.807, 2.05) is 6.92 Å². The molecular formula is C17H19ClN4O. The average Bonchev–Trinajstić information content (AvgIpc) is 2.57. The molecule has 2 aromatic rings. The predicted molar refractivity (Wildman–Crippen MR) is 90.8 cm³/mol. The molecule has 1 aromatic heterocycles. The summed E-state index contributed by atoms with van der Waals surface area (Å²) >= 11 is 5.84. The smallest absolute Gasteiger partial charge is 0.259 e. The van der Waals surface area contributed by atoms with Crippen molar-refractivity contribution in [3.8, 4) is 0 Å². The number of amides is 1. The molecule has 1 atom stereocenters. The van der Waals surface area contributed by atoms with E-state index in [1.165, 1.54) is 12.8 Å². The van der Waals surface area contributed by atoms with E-state index in [-0.39, 0.29) is 11.9 Å². The lowest BCUT2D eigenvalue weighted by Gasteiger charge is -2.22. The highest BCUT2D eigenvalue weighted by Gasteiger charge is 2.19. The van der Waals surface area contributed by atoms with Gasteiger partial charge in [0.25, 0.3) is 5.91 Å². The second kappa shape index (κ2) is 7.06. The number of piperidine rings is 1. The normalized spacial score (nSPS) is 17.7. The van der Waals surface area contributed by atoms with Gasteiger partial charge in [-0.15, -0.1) is 0 Å². The minimum Gasteiger partial charge on any atom is -0.322 e. The summed E-state index contributed by atoms with van der Waals surface area (Å²) in [6.45, 7) is 2.83. The maximum absolute atomic E-state index is 12.4. The Bertz CT molecular complexity index is 696. The van der Waals surface area contributed by atoms with Gasteiger partial charge in [-0.3, -0.25) is 4.79 Å². The number of carbonyl (C=O) groups is 1. The van der Waals surface area contributed by atoms with Gasteiger partial charge in [-0.2, -0.15) is 0 Å². The van der Waals surface area contributed by atoms with Crippen LogP contribution in [0.15, 0.2) is 30.5 Å². The lowest BCUT2D eigenvalue weighted by molar-refractivity contribution is 0.102. The number of nitrogens with zero attached hydrogens (tertiary/aromatic N) is 2. The molecule has 1 aliphatic heterocycles. The van der Waals surface area contributed by atoms with Crippen molar-refractivity contribution < 1.29 is 4.79 Å². The number of aryl methyl sites for hydroxylation is 1. The zero-order valence-corrected chi connectivity index (χ0v) is 13.7. The number of carbonyl (C=O) groups excluding carboxylic acids is 1. The maximum Gasteiger partial charge on any atom is 0.259 e. The Balaban J connectivity index is 1.74. The Hall–Kier alpha value is -1.98. The summed E-state index contributed by atoms with van der Waals surface area (Å²) in [5.74, 6) is 0.554. The van der Waals surface area contributed by atoms with Crippen LogP contribution in [-0.2, 0) is 0 Å². The van der Waals surface area contributed by atoms with Crippen LogP contribution in [0.3, 0.4) is 0 Å². The molecule has 6 heteroatoms. The van der Waals surface area contributed by atoms with E-state index >= 15 is 0 Å². The summed E-state index contributed by atoms with van der Waals surface area (Å²) in [4.78, 5) is 21.3. The van der Waals surface area contributed by atoms with Gasteiger partial charge in [0, 0.05) is 16.9 Å². The summed E-state index contributed by atoms with van der Waals surface area (Å²) in [6.07, 6.45) is 5.02. The molecule has 0 spiro atoms. The van der Waals surface area contributed by atoms with Crippen molar-refractivity contribution in [2.24, 2.45) is 0 Å². The zero-order chi connectivity index (χ0) is 16.2. The van der Waals surface area contributed by atoms with E-state index in [1.54, 1.807) is 30.5 Å². The Labute approximate surface area is 140 Å². The van der Waals surface area contributed by atoms with Gasteiger partial charge in [-0.05, 0) is 50.6 Å². The molecule has 0 saturated carbocycles. The molecule has 1 aromatic carbocycles. The lowest BCUT2D eigenvalue weighted by atomic mass is 10.0. The topological polar surface area (TPSA) is 66.9 Å². The van der Waals surface area contributed by atoms with Crippen molar-refractivity contribution in [2.75, 3.05) is 11.9 Å². The predicted octanol–water partition coefficient (Wildman–Crippen LogP) is 3.51. The number of anilines is 1. The summed E-state index contributed by atoms with van der Waals surface area (Å²) in [5.41, 5.74) is 1.87. The highest BCUT2D eigenvalue weighted by Crippen LogP contribution is 2.21. The number of halogens is 1. The molecular weight excluding hydrogens is 312 g/mol. The number of nitrogens with one attached hydrogen (secondary N) is 2. The molecule has 5 nitrogen and oxygen atoms in total. The van der Waals surface area contributed by atoms with Gasteiger partial charge in [0.2, 0.25) is 0 Å². The average molecular weight is 331 g/mol. The quantitative estimate of drug-likeness (QED) is 0.903. The molecule has 0 bridgehead atoms. The van der Waals surface area contributed by atoms with E-state index in [2.05, 4.69) is 20.6 Å². The fourth-order valence-electron chi connectivity index (χ4n) is 2.68. The van der Waals surface area contributed by atoms with E-state index in [0.717, 1.165) is 18.8 Å². The van der Waals surface area contributed by atoms with Crippen LogP contribution in [0.5, 0.6) is 0 Å². The number of rotatable bonds is 3. The molecule has 120 valence electrons. The van der Waals surface area contributed by atoms with Gasteiger partial charge in [0.05, 0.1) is 17.3 Å². The fraction of sp³-hybridized carbons (Fsp3) is 0.353. The van der Waals surface area contributed by atoms with Gasteiger partial charge >= 0.3 is 0 Å². The Morgan fingerprint density at radius 2 is 2.09 bits per heavy atom. The van der Waals surface area contributed by atoms with Gasteiger partial charge in [0.15, 0.2) is 0 Å². The van der Waals surface area contributed by atoms with Crippen LogP contribution >= 0.6 is 11.6 Å². The maximum atomic E-state index is 12.4. The molecule has 3 rings (SSSR count). The van der Waals surface area contributed by atoms with E-state index < -0.39 is 0 Å². The zero-order valence-electron chi connectivity index (χ0n) is 13.0. The summed E-state index contributed by atoms with van der Waals surface area (Å²) < 4.78 is 0. The van der Waals surface area contributed by atoms with E-state index in [4.69, 9.17) is 11.6 Å². The van der Waals surface area contributed by atoms with Crippen LogP contribution < -0.4 is 10.6 Å². The Morgan fingerprint density at radius 1 is 1.30 bits per heavy atom. The second-order valence-electron chi connectivity index (χ2n) is 5.69. The standard InChI is InChI=1S/C17H19ClN4O/c1-11-14(17(23)22-13-7-5-12(18)6-8-13)10-20-16(21-11)15-4-2-3-9-19-15/h5-8,10,15,19H,2-4,9H2,1H3,(H,22,23)/t15-/m1/s1. The van der Waals surface area contributed by atoms with Crippen LogP contribution in [0.2, 0.25) is 5.02 Å². The highest BCUT2D eigenvalue weighted by atomic mass is 35.5. The van der Waals surface area contributed by atoms with Crippen molar-refractivity contribution >= 4 is 23.2 Å². The highest BCUT2D eigenvalue weighted by molar-refractivity contribution is 6.30. The van der Waals surface area contributed by atoms with Crippen LogP contribution in [0.4, 0.5) is 5.69 Å². The monoisotopic (exact) mass is 330 g/mol. The Morgan fingerprint density at radius 3 is 2.74 bits per heavy atom. The fourth-order valence-corrected chi connectivity index (χ4v) is 2.81. The molecule has 2 N–H and O–H groups in total. The largest absolute Gasteiger partial charge is 0.322 e. The summed E-state index contributed by atoms with van der Waals surface area (Å²) in [5, 5.41) is 6.88. The van der Waals surface area contributed by atoms with E-state index in [9.17, 15) is 4.79 Å². The van der Waals surface area contributed by atoms with Crippen molar-refractivity contribution in [3.63, 3.8) is 0 Å². The minimum absolute atomic E-state index is 0.191. The number of hydrogen-bond acceptors (Lipinski definition) is 4. The van der Waals surface area contributed by atoms with Gasteiger partial charge in [-0.1, -0.05) is 18.0 Å². The molecule has 1 fully saturated rings. The number of benzene rings is 1. The van der Waals surface area contributed by atoms with Crippen LogP contribution in [0, 0.1) is 6.92 Å². The molecule has 2 heterocycles. The van der Waals surface area contributed by atoms with Gasteiger partial charge in [-0.25, -0.2) is 9.97 Å². The van der Waals surface area contributed by atoms with Gasteiger partial charge < -0.3 is 10.6 Å². The third kappa shape index (κ3) is 3.86. The molecule has 23 heavy (non-hydrogen) atoms. The number of hydrogen-bond donors (Lipinski definition) is 2. The summed E-state index contributed by atoms with van der Waals surface area (Å²) in [7, 11) is 0. The first-order chi connectivity index (χ1) is 11.1.